The number of ether oxygens (including phenoxy) is 4. The summed E-state index contributed by atoms with van der Waals surface area (Å²) in [4.78, 5) is 11.8. The molecule has 0 saturated carbocycles. The van der Waals surface area contributed by atoms with E-state index in [4.69, 9.17) is 18.9 Å². The van der Waals surface area contributed by atoms with Crippen molar-refractivity contribution in [3.63, 3.8) is 0 Å². The SMILES string of the molecule is CCOC(=O)CC1COC1c1ccc(OCc2cccc(-c3c(C)cc(OCC4CCS(=O)(=O)CC4)cc3C)c2)cc1. The first kappa shape index (κ1) is 30.1. The van der Waals surface area contributed by atoms with Crippen LogP contribution in [0.4, 0.5) is 0 Å². The van der Waals surface area contributed by atoms with Crippen LogP contribution in [-0.2, 0) is 30.7 Å². The lowest BCUT2D eigenvalue weighted by Crippen LogP contribution is -2.34. The van der Waals surface area contributed by atoms with E-state index in [0.29, 0.717) is 45.7 Å². The van der Waals surface area contributed by atoms with Crippen molar-refractivity contribution < 1.29 is 32.2 Å². The molecule has 0 bridgehead atoms. The Balaban J connectivity index is 1.17. The summed E-state index contributed by atoms with van der Waals surface area (Å²) in [5.41, 5.74) is 6.67. The van der Waals surface area contributed by atoms with Crippen LogP contribution in [0.5, 0.6) is 11.5 Å². The molecule has 5 rings (SSSR count). The molecule has 224 valence electrons. The molecule has 2 fully saturated rings. The number of carbonyl (C=O) groups excluding carboxylic acids is 1. The van der Waals surface area contributed by atoms with Crippen molar-refractivity contribution >= 4 is 15.8 Å². The van der Waals surface area contributed by atoms with E-state index < -0.39 is 9.84 Å². The molecular weight excluding hydrogens is 552 g/mol. The van der Waals surface area contributed by atoms with Gasteiger partial charge in [0.05, 0.1) is 43.9 Å². The van der Waals surface area contributed by atoms with Gasteiger partial charge < -0.3 is 18.9 Å². The van der Waals surface area contributed by atoms with Crippen molar-refractivity contribution in [3.8, 4) is 22.6 Å². The third-order valence-electron chi connectivity index (χ3n) is 8.15. The van der Waals surface area contributed by atoms with Crippen LogP contribution in [-0.4, -0.2) is 45.7 Å². The lowest BCUT2D eigenvalue weighted by Gasteiger charge is -2.36. The summed E-state index contributed by atoms with van der Waals surface area (Å²) in [6, 6.07) is 20.4. The molecule has 2 unspecified atom stereocenters. The molecule has 0 aromatic heterocycles. The Morgan fingerprint density at radius 3 is 2.29 bits per heavy atom. The first-order valence-electron chi connectivity index (χ1n) is 14.7. The number of rotatable bonds is 11. The van der Waals surface area contributed by atoms with Gasteiger partial charge in [0.2, 0.25) is 0 Å². The molecule has 7 nitrogen and oxygen atoms in total. The summed E-state index contributed by atoms with van der Waals surface area (Å²) in [7, 11) is -2.86. The number of esters is 1. The average Bonchev–Trinajstić information content (AvgIpc) is 2.94. The van der Waals surface area contributed by atoms with Gasteiger partial charge in [0.15, 0.2) is 0 Å². The zero-order valence-corrected chi connectivity index (χ0v) is 25.5. The Labute approximate surface area is 249 Å². The van der Waals surface area contributed by atoms with Crippen molar-refractivity contribution in [1.29, 1.82) is 0 Å². The van der Waals surface area contributed by atoms with Crippen LogP contribution in [0.1, 0.15) is 54.5 Å². The minimum Gasteiger partial charge on any atom is -0.493 e. The number of aryl methyl sites for hydroxylation is 2. The Kier molecular flexibility index (Phi) is 9.53. The second-order valence-corrected chi connectivity index (χ2v) is 13.7. The molecule has 2 atom stereocenters. The Bertz CT molecular complexity index is 1460. The molecule has 2 saturated heterocycles. The van der Waals surface area contributed by atoms with E-state index in [1.165, 1.54) is 5.56 Å². The first-order valence-corrected chi connectivity index (χ1v) is 16.6. The zero-order valence-electron chi connectivity index (χ0n) is 24.6. The smallest absolute Gasteiger partial charge is 0.306 e. The summed E-state index contributed by atoms with van der Waals surface area (Å²) in [6.45, 7) is 7.95. The predicted octanol–water partition coefficient (Wildman–Crippen LogP) is 6.39. The molecule has 2 heterocycles. The highest BCUT2D eigenvalue weighted by atomic mass is 32.2. The van der Waals surface area contributed by atoms with E-state index >= 15 is 0 Å². The fourth-order valence-electron chi connectivity index (χ4n) is 5.82. The van der Waals surface area contributed by atoms with Crippen LogP contribution in [0, 0.1) is 25.7 Å². The Morgan fingerprint density at radius 2 is 1.64 bits per heavy atom. The molecule has 3 aromatic carbocycles. The van der Waals surface area contributed by atoms with E-state index in [0.717, 1.165) is 39.3 Å². The van der Waals surface area contributed by atoms with Gasteiger partial charge in [-0.25, -0.2) is 8.42 Å². The van der Waals surface area contributed by atoms with Crippen LogP contribution < -0.4 is 9.47 Å². The molecule has 0 aliphatic carbocycles. The summed E-state index contributed by atoms with van der Waals surface area (Å²) >= 11 is 0. The van der Waals surface area contributed by atoms with Gasteiger partial charge in [0.1, 0.15) is 27.9 Å². The summed E-state index contributed by atoms with van der Waals surface area (Å²) in [5.74, 6) is 2.36. The van der Waals surface area contributed by atoms with E-state index in [1.807, 2.05) is 31.2 Å². The van der Waals surface area contributed by atoms with Gasteiger partial charge in [-0.15, -0.1) is 0 Å². The first-order chi connectivity index (χ1) is 20.2. The van der Waals surface area contributed by atoms with Gasteiger partial charge in [0, 0.05) is 5.92 Å². The molecule has 42 heavy (non-hydrogen) atoms. The summed E-state index contributed by atoms with van der Waals surface area (Å²) in [6.07, 6.45) is 1.62. The number of carbonyl (C=O) groups is 1. The van der Waals surface area contributed by atoms with Crippen molar-refractivity contribution in [2.45, 2.75) is 52.7 Å². The maximum Gasteiger partial charge on any atom is 0.306 e. The minimum absolute atomic E-state index is 0.0884. The predicted molar refractivity (Wildman–Crippen MR) is 162 cm³/mol. The topological polar surface area (TPSA) is 88.1 Å². The number of hydrogen-bond acceptors (Lipinski definition) is 7. The Morgan fingerprint density at radius 1 is 0.929 bits per heavy atom. The highest BCUT2D eigenvalue weighted by Crippen LogP contribution is 2.38. The molecule has 0 radical (unpaired) electrons. The average molecular weight is 593 g/mol. The number of hydrogen-bond donors (Lipinski definition) is 0. The highest BCUT2D eigenvalue weighted by Gasteiger charge is 2.35. The second kappa shape index (κ2) is 13.3. The van der Waals surface area contributed by atoms with Gasteiger partial charge in [-0.1, -0.05) is 30.3 Å². The van der Waals surface area contributed by atoms with Crippen molar-refractivity contribution in [1.82, 2.24) is 0 Å². The molecule has 2 aliphatic rings. The van der Waals surface area contributed by atoms with Gasteiger partial charge in [-0.05, 0) is 103 Å². The normalized spacial score (nSPS) is 20.0. The summed E-state index contributed by atoms with van der Waals surface area (Å²) < 4.78 is 46.4. The zero-order chi connectivity index (χ0) is 29.7. The fourth-order valence-corrected chi connectivity index (χ4v) is 7.40. The second-order valence-electron chi connectivity index (χ2n) is 11.4. The number of benzene rings is 3. The number of sulfone groups is 1. The van der Waals surface area contributed by atoms with Gasteiger partial charge >= 0.3 is 5.97 Å². The summed E-state index contributed by atoms with van der Waals surface area (Å²) in [5, 5.41) is 0. The largest absolute Gasteiger partial charge is 0.493 e. The standard InChI is InChI=1S/C34H40O7S/c1-4-38-32(35)19-29-22-41-34(29)27-8-10-30(11-9-27)39-21-26-6-5-7-28(18-26)33-23(2)16-31(17-24(33)3)40-20-25-12-14-42(36,37)15-13-25/h5-11,16-18,25,29,34H,4,12-15,19-22H2,1-3H3. The monoisotopic (exact) mass is 592 g/mol. The van der Waals surface area contributed by atoms with E-state index in [1.54, 1.807) is 0 Å². The molecule has 0 spiro atoms. The van der Waals surface area contributed by atoms with Crippen LogP contribution in [0.2, 0.25) is 0 Å². The molecule has 2 aliphatic heterocycles. The third kappa shape index (κ3) is 7.53. The lowest BCUT2D eigenvalue weighted by atomic mass is 9.89. The molecule has 8 heteroatoms. The van der Waals surface area contributed by atoms with Crippen LogP contribution in [0.3, 0.4) is 0 Å². The van der Waals surface area contributed by atoms with Crippen LogP contribution >= 0.6 is 0 Å². The fraction of sp³-hybridized carbons (Fsp3) is 0.441. The van der Waals surface area contributed by atoms with Gasteiger partial charge in [0.25, 0.3) is 0 Å². The van der Waals surface area contributed by atoms with Crippen LogP contribution in [0.25, 0.3) is 11.1 Å². The van der Waals surface area contributed by atoms with Crippen molar-refractivity contribution in [2.75, 3.05) is 31.3 Å². The molecular formula is C34H40O7S. The minimum atomic E-state index is -2.86. The van der Waals surface area contributed by atoms with E-state index in [-0.39, 0.29) is 35.4 Å². The van der Waals surface area contributed by atoms with Crippen molar-refractivity contribution in [2.24, 2.45) is 11.8 Å². The molecule has 0 N–H and O–H groups in total. The molecule has 3 aromatic rings. The van der Waals surface area contributed by atoms with E-state index in [9.17, 15) is 13.2 Å². The van der Waals surface area contributed by atoms with Crippen LogP contribution in [0.15, 0.2) is 60.7 Å². The third-order valence-corrected chi connectivity index (χ3v) is 9.86. The maximum atomic E-state index is 11.8. The lowest BCUT2D eigenvalue weighted by molar-refractivity contribution is -0.158. The van der Waals surface area contributed by atoms with E-state index in [2.05, 4.69) is 50.2 Å². The quantitative estimate of drug-likeness (QED) is 0.238. The van der Waals surface area contributed by atoms with Crippen molar-refractivity contribution in [3.05, 3.63) is 82.9 Å². The maximum absolute atomic E-state index is 11.8. The van der Waals surface area contributed by atoms with Gasteiger partial charge in [-0.3, -0.25) is 4.79 Å². The molecule has 0 amide bonds. The Hall–Kier alpha value is -3.36. The van der Waals surface area contributed by atoms with Gasteiger partial charge in [-0.2, -0.15) is 0 Å². The highest BCUT2D eigenvalue weighted by molar-refractivity contribution is 7.91.